The van der Waals surface area contributed by atoms with Crippen LogP contribution in [0.4, 0.5) is 0 Å². The standard InChI is InChI=1S/C13H18N2O3/c1-4-13(16)15-6-5-11(7-15)17-8-12-9(2)14-18-10(12)3/h4,11H,1,5-8H2,2-3H3. The quantitative estimate of drug-likeness (QED) is 0.761. The second-order valence-corrected chi connectivity index (χ2v) is 4.51. The molecule has 1 saturated heterocycles. The van der Waals surface area contributed by atoms with Gasteiger partial charge in [0.2, 0.25) is 5.91 Å². The van der Waals surface area contributed by atoms with Gasteiger partial charge in [0.05, 0.1) is 18.4 Å². The van der Waals surface area contributed by atoms with Gasteiger partial charge in [0.25, 0.3) is 0 Å². The molecule has 2 rings (SSSR count). The maximum absolute atomic E-state index is 11.4. The largest absolute Gasteiger partial charge is 0.371 e. The van der Waals surface area contributed by atoms with Crippen molar-refractivity contribution in [1.29, 1.82) is 0 Å². The molecule has 1 atom stereocenters. The van der Waals surface area contributed by atoms with E-state index in [0.29, 0.717) is 13.2 Å². The van der Waals surface area contributed by atoms with E-state index in [1.165, 1.54) is 6.08 Å². The van der Waals surface area contributed by atoms with Gasteiger partial charge in [0, 0.05) is 18.7 Å². The summed E-state index contributed by atoms with van der Waals surface area (Å²) in [5.74, 6) is 0.767. The lowest BCUT2D eigenvalue weighted by Crippen LogP contribution is -2.28. The van der Waals surface area contributed by atoms with Crippen molar-refractivity contribution in [3.63, 3.8) is 0 Å². The van der Waals surface area contributed by atoms with Crippen LogP contribution in [-0.2, 0) is 16.1 Å². The Morgan fingerprint density at radius 3 is 3.06 bits per heavy atom. The monoisotopic (exact) mass is 250 g/mol. The van der Waals surface area contributed by atoms with Crippen molar-refractivity contribution in [1.82, 2.24) is 10.1 Å². The van der Waals surface area contributed by atoms with Crippen molar-refractivity contribution in [3.05, 3.63) is 29.7 Å². The molecule has 0 radical (unpaired) electrons. The second-order valence-electron chi connectivity index (χ2n) is 4.51. The van der Waals surface area contributed by atoms with Gasteiger partial charge in [-0.2, -0.15) is 0 Å². The van der Waals surface area contributed by atoms with Gasteiger partial charge in [-0.05, 0) is 26.3 Å². The van der Waals surface area contributed by atoms with Gasteiger partial charge >= 0.3 is 0 Å². The van der Waals surface area contributed by atoms with Crippen LogP contribution >= 0.6 is 0 Å². The number of ether oxygens (including phenoxy) is 1. The Labute approximate surface area is 106 Å². The van der Waals surface area contributed by atoms with E-state index in [0.717, 1.165) is 30.0 Å². The van der Waals surface area contributed by atoms with E-state index in [4.69, 9.17) is 9.26 Å². The van der Waals surface area contributed by atoms with Crippen molar-refractivity contribution >= 4 is 5.91 Å². The summed E-state index contributed by atoms with van der Waals surface area (Å²) in [6.07, 6.45) is 2.29. The predicted molar refractivity (Wildman–Crippen MR) is 65.9 cm³/mol. The molecule has 1 aromatic rings. The van der Waals surface area contributed by atoms with Gasteiger partial charge in [0.15, 0.2) is 0 Å². The molecule has 5 nitrogen and oxygen atoms in total. The van der Waals surface area contributed by atoms with Crippen LogP contribution in [-0.4, -0.2) is 35.2 Å². The number of rotatable bonds is 4. The molecule has 1 fully saturated rings. The highest BCUT2D eigenvalue weighted by atomic mass is 16.5. The molecule has 0 aliphatic carbocycles. The van der Waals surface area contributed by atoms with Gasteiger partial charge < -0.3 is 14.2 Å². The number of amides is 1. The number of aryl methyl sites for hydroxylation is 2. The number of carbonyl (C=O) groups excluding carboxylic acids is 1. The molecule has 0 spiro atoms. The summed E-state index contributed by atoms with van der Waals surface area (Å²) in [5.41, 5.74) is 1.87. The predicted octanol–water partition coefficient (Wildman–Crippen LogP) is 1.59. The summed E-state index contributed by atoms with van der Waals surface area (Å²) in [7, 11) is 0. The zero-order valence-electron chi connectivity index (χ0n) is 10.8. The van der Waals surface area contributed by atoms with Gasteiger partial charge in [-0.15, -0.1) is 0 Å². The molecule has 1 aromatic heterocycles. The minimum atomic E-state index is -0.0292. The number of likely N-dealkylation sites (tertiary alicyclic amines) is 1. The third kappa shape index (κ3) is 2.61. The highest BCUT2D eigenvalue weighted by molar-refractivity contribution is 5.87. The molecule has 1 amide bonds. The maximum Gasteiger partial charge on any atom is 0.246 e. The Hall–Kier alpha value is -1.62. The molecule has 0 aromatic carbocycles. The molecule has 2 heterocycles. The van der Waals surface area contributed by atoms with Crippen LogP contribution in [0.5, 0.6) is 0 Å². The third-order valence-electron chi connectivity index (χ3n) is 3.28. The normalized spacial score (nSPS) is 19.2. The summed E-state index contributed by atoms with van der Waals surface area (Å²) in [6.45, 7) is 9.12. The first-order chi connectivity index (χ1) is 8.61. The summed E-state index contributed by atoms with van der Waals surface area (Å²) < 4.78 is 10.9. The average molecular weight is 250 g/mol. The van der Waals surface area contributed by atoms with E-state index in [9.17, 15) is 4.79 Å². The van der Waals surface area contributed by atoms with E-state index in [1.54, 1.807) is 4.90 Å². The van der Waals surface area contributed by atoms with Crippen LogP contribution in [0.1, 0.15) is 23.4 Å². The van der Waals surface area contributed by atoms with Crippen LogP contribution in [0.3, 0.4) is 0 Å². The van der Waals surface area contributed by atoms with Crippen LogP contribution in [0.2, 0.25) is 0 Å². The number of hydrogen-bond acceptors (Lipinski definition) is 4. The van der Waals surface area contributed by atoms with E-state index in [-0.39, 0.29) is 12.0 Å². The van der Waals surface area contributed by atoms with Crippen LogP contribution in [0, 0.1) is 13.8 Å². The summed E-state index contributed by atoms with van der Waals surface area (Å²) in [4.78, 5) is 13.2. The molecule has 0 saturated carbocycles. The first-order valence-electron chi connectivity index (χ1n) is 6.06. The third-order valence-corrected chi connectivity index (χ3v) is 3.28. The lowest BCUT2D eigenvalue weighted by Gasteiger charge is -2.14. The lowest BCUT2D eigenvalue weighted by atomic mass is 10.2. The summed E-state index contributed by atoms with van der Waals surface area (Å²) >= 11 is 0. The van der Waals surface area contributed by atoms with E-state index in [2.05, 4.69) is 11.7 Å². The Morgan fingerprint density at radius 2 is 2.44 bits per heavy atom. The van der Waals surface area contributed by atoms with Crippen molar-refractivity contribution < 1.29 is 14.1 Å². The van der Waals surface area contributed by atoms with Gasteiger partial charge in [0.1, 0.15) is 5.76 Å². The molecule has 18 heavy (non-hydrogen) atoms. The minimum absolute atomic E-state index is 0.0292. The number of aromatic nitrogens is 1. The van der Waals surface area contributed by atoms with E-state index in [1.807, 2.05) is 13.8 Å². The summed E-state index contributed by atoms with van der Waals surface area (Å²) in [6, 6.07) is 0. The molecular weight excluding hydrogens is 232 g/mol. The highest BCUT2D eigenvalue weighted by Crippen LogP contribution is 2.18. The highest BCUT2D eigenvalue weighted by Gasteiger charge is 2.25. The SMILES string of the molecule is C=CC(=O)N1CCC(OCc2c(C)noc2C)C1. The van der Waals surface area contributed by atoms with Crippen LogP contribution in [0.15, 0.2) is 17.2 Å². The molecule has 98 valence electrons. The van der Waals surface area contributed by atoms with Crippen molar-refractivity contribution in [2.45, 2.75) is 33.0 Å². The zero-order valence-corrected chi connectivity index (χ0v) is 10.8. The van der Waals surface area contributed by atoms with Gasteiger partial charge in [-0.3, -0.25) is 4.79 Å². The Balaban J connectivity index is 1.86. The first-order valence-corrected chi connectivity index (χ1v) is 6.06. The van der Waals surface area contributed by atoms with E-state index < -0.39 is 0 Å². The van der Waals surface area contributed by atoms with Crippen LogP contribution in [0.25, 0.3) is 0 Å². The summed E-state index contributed by atoms with van der Waals surface area (Å²) in [5, 5.41) is 3.89. The number of hydrogen-bond donors (Lipinski definition) is 0. The maximum atomic E-state index is 11.4. The van der Waals surface area contributed by atoms with Crippen molar-refractivity contribution in [2.24, 2.45) is 0 Å². The Kier molecular flexibility index (Phi) is 3.81. The Bertz CT molecular complexity index is 434. The number of nitrogens with zero attached hydrogens (tertiary/aromatic N) is 2. The zero-order chi connectivity index (χ0) is 13.1. The fraction of sp³-hybridized carbons (Fsp3) is 0.538. The lowest BCUT2D eigenvalue weighted by molar-refractivity contribution is -0.125. The van der Waals surface area contributed by atoms with Crippen molar-refractivity contribution in [3.8, 4) is 0 Å². The fourth-order valence-corrected chi connectivity index (χ4v) is 2.10. The topological polar surface area (TPSA) is 55.6 Å². The Morgan fingerprint density at radius 1 is 1.67 bits per heavy atom. The molecule has 1 aliphatic heterocycles. The van der Waals surface area contributed by atoms with Gasteiger partial charge in [-0.25, -0.2) is 0 Å². The molecule has 1 aliphatic rings. The molecule has 0 N–H and O–H groups in total. The first kappa shape index (κ1) is 12.8. The van der Waals surface area contributed by atoms with E-state index >= 15 is 0 Å². The molecular formula is C13H18N2O3. The second kappa shape index (κ2) is 5.35. The van der Waals surface area contributed by atoms with Crippen molar-refractivity contribution in [2.75, 3.05) is 13.1 Å². The molecule has 0 bridgehead atoms. The molecule has 1 unspecified atom stereocenters. The number of carbonyl (C=O) groups is 1. The average Bonchev–Trinajstić information content (AvgIpc) is 2.95. The fourth-order valence-electron chi connectivity index (χ4n) is 2.10. The molecule has 5 heteroatoms. The van der Waals surface area contributed by atoms with Crippen LogP contribution < -0.4 is 0 Å². The smallest absolute Gasteiger partial charge is 0.246 e. The van der Waals surface area contributed by atoms with Gasteiger partial charge in [-0.1, -0.05) is 11.7 Å². The minimum Gasteiger partial charge on any atom is -0.371 e.